The second kappa shape index (κ2) is 3.67. The summed E-state index contributed by atoms with van der Waals surface area (Å²) in [6, 6.07) is 10.0. The molecule has 3 rings (SSSR count). The highest BCUT2D eigenvalue weighted by atomic mass is 16.2. The third-order valence-corrected chi connectivity index (χ3v) is 3.45. The van der Waals surface area contributed by atoms with Crippen molar-refractivity contribution in [1.29, 1.82) is 0 Å². The average Bonchev–Trinajstić information content (AvgIpc) is 2.82. The minimum absolute atomic E-state index is 0.00454. The highest BCUT2D eigenvalue weighted by Gasteiger charge is 2.34. The van der Waals surface area contributed by atoms with Crippen molar-refractivity contribution < 1.29 is 9.37 Å². The number of aromatic nitrogens is 1. The number of rotatable bonds is 1. The van der Waals surface area contributed by atoms with Crippen LogP contribution in [0.5, 0.6) is 0 Å². The summed E-state index contributed by atoms with van der Waals surface area (Å²) in [5.41, 5.74) is 5.14. The number of para-hydroxylation sites is 1. The molecule has 3 nitrogen and oxygen atoms in total. The highest BCUT2D eigenvalue weighted by molar-refractivity contribution is 5.93. The maximum atomic E-state index is 12.4. The first kappa shape index (κ1) is 11.0. The molecule has 0 spiro atoms. The Morgan fingerprint density at radius 1 is 1.00 bits per heavy atom. The van der Waals surface area contributed by atoms with Gasteiger partial charge in [0.25, 0.3) is 0 Å². The molecule has 0 fully saturated rings. The zero-order valence-corrected chi connectivity index (χ0v) is 10.8. The molecule has 0 saturated carbocycles. The van der Waals surface area contributed by atoms with Crippen molar-refractivity contribution in [2.75, 3.05) is 0 Å². The van der Waals surface area contributed by atoms with Gasteiger partial charge in [0.05, 0.1) is 0 Å². The van der Waals surface area contributed by atoms with Gasteiger partial charge in [-0.2, -0.15) is 13.9 Å². The molecule has 1 aliphatic heterocycles. The number of carbonyl (C=O) groups excluding carboxylic acids is 1. The lowest BCUT2D eigenvalue weighted by atomic mass is 10.1. The van der Waals surface area contributed by atoms with Gasteiger partial charge in [0.1, 0.15) is 17.6 Å². The maximum Gasteiger partial charge on any atom is 0.508 e. The van der Waals surface area contributed by atoms with E-state index in [4.69, 9.17) is 0 Å². The van der Waals surface area contributed by atoms with E-state index in [1.165, 1.54) is 0 Å². The SMILES string of the molecule is Cc1cccc(C)c1[N+]1=Cc2ccc(C)n2C1=O. The minimum atomic E-state index is 0.00454. The Bertz CT molecular complexity index is 672. The smallest absolute Gasteiger partial charge is 0.196 e. The van der Waals surface area contributed by atoms with E-state index >= 15 is 0 Å². The fourth-order valence-corrected chi connectivity index (χ4v) is 2.56. The maximum absolute atomic E-state index is 12.4. The molecular formula is C15H15N2O+. The molecular weight excluding hydrogens is 224 g/mol. The molecule has 2 aromatic rings. The topological polar surface area (TPSA) is 25.0 Å². The third kappa shape index (κ3) is 1.37. The lowest BCUT2D eigenvalue weighted by molar-refractivity contribution is -0.323. The zero-order valence-electron chi connectivity index (χ0n) is 10.8. The van der Waals surface area contributed by atoms with E-state index in [2.05, 4.69) is 0 Å². The van der Waals surface area contributed by atoms with Crippen LogP contribution in [-0.4, -0.2) is 21.4 Å². The van der Waals surface area contributed by atoms with E-state index in [0.717, 1.165) is 28.2 Å². The number of fused-ring (bicyclic) bond motifs is 1. The van der Waals surface area contributed by atoms with E-state index < -0.39 is 0 Å². The largest absolute Gasteiger partial charge is 0.508 e. The predicted molar refractivity (Wildman–Crippen MR) is 71.0 cm³/mol. The Kier molecular flexibility index (Phi) is 2.23. The normalized spacial score (nSPS) is 13.7. The van der Waals surface area contributed by atoms with Crippen LogP contribution in [0.2, 0.25) is 0 Å². The molecule has 0 radical (unpaired) electrons. The van der Waals surface area contributed by atoms with E-state index in [0.29, 0.717) is 0 Å². The summed E-state index contributed by atoms with van der Waals surface area (Å²) in [5.74, 6) is 0. The molecule has 0 saturated heterocycles. The average molecular weight is 239 g/mol. The van der Waals surface area contributed by atoms with Crippen LogP contribution in [-0.2, 0) is 0 Å². The van der Waals surface area contributed by atoms with E-state index in [1.807, 2.05) is 57.3 Å². The van der Waals surface area contributed by atoms with E-state index in [1.54, 1.807) is 9.14 Å². The second-order valence-electron chi connectivity index (χ2n) is 4.76. The number of nitrogens with zero attached hydrogens (tertiary/aromatic N) is 2. The van der Waals surface area contributed by atoms with E-state index in [9.17, 15) is 4.79 Å². The predicted octanol–water partition coefficient (Wildman–Crippen LogP) is 3.16. The molecule has 1 aliphatic rings. The number of aryl methyl sites for hydroxylation is 3. The fourth-order valence-electron chi connectivity index (χ4n) is 2.56. The molecule has 0 N–H and O–H groups in total. The van der Waals surface area contributed by atoms with Crippen molar-refractivity contribution in [1.82, 2.24) is 4.57 Å². The summed E-state index contributed by atoms with van der Waals surface area (Å²) in [6.45, 7) is 6.01. The van der Waals surface area contributed by atoms with Crippen LogP contribution in [0.25, 0.3) is 0 Å². The molecule has 90 valence electrons. The summed E-state index contributed by atoms with van der Waals surface area (Å²) in [6.07, 6.45) is 1.91. The van der Waals surface area contributed by atoms with E-state index in [-0.39, 0.29) is 6.03 Å². The molecule has 1 amide bonds. The first-order chi connectivity index (χ1) is 8.59. The van der Waals surface area contributed by atoms with Gasteiger partial charge in [-0.1, -0.05) is 18.2 Å². The molecule has 1 aromatic carbocycles. The van der Waals surface area contributed by atoms with Gasteiger partial charge in [0, 0.05) is 0 Å². The standard InChI is InChI=1S/C15H15N2O/c1-10-5-4-6-11(2)14(10)16-9-13-8-7-12(3)17(13)15(16)18/h4-9H,1-3H3/q+1. The number of hydrogen-bond acceptors (Lipinski definition) is 1. The Morgan fingerprint density at radius 2 is 1.67 bits per heavy atom. The summed E-state index contributed by atoms with van der Waals surface area (Å²) >= 11 is 0. The molecule has 3 heteroatoms. The van der Waals surface area contributed by atoms with Crippen LogP contribution in [0.4, 0.5) is 10.5 Å². The Hall–Kier alpha value is -2.16. The van der Waals surface area contributed by atoms with Crippen molar-refractivity contribution >= 4 is 17.9 Å². The molecule has 0 unspecified atom stereocenters. The molecule has 0 bridgehead atoms. The first-order valence-corrected chi connectivity index (χ1v) is 6.02. The quantitative estimate of drug-likeness (QED) is 0.702. The van der Waals surface area contributed by atoms with Crippen LogP contribution in [0.1, 0.15) is 22.5 Å². The molecule has 0 aliphatic carbocycles. The van der Waals surface area contributed by atoms with Gasteiger partial charge in [0.15, 0.2) is 5.69 Å². The number of benzene rings is 1. The van der Waals surface area contributed by atoms with Gasteiger partial charge in [-0.3, -0.25) is 0 Å². The summed E-state index contributed by atoms with van der Waals surface area (Å²) in [7, 11) is 0. The van der Waals surface area contributed by atoms with Crippen molar-refractivity contribution in [3.05, 3.63) is 52.8 Å². The number of hydrogen-bond donors (Lipinski definition) is 0. The van der Waals surface area contributed by atoms with Crippen LogP contribution < -0.4 is 0 Å². The van der Waals surface area contributed by atoms with Crippen molar-refractivity contribution in [2.24, 2.45) is 0 Å². The van der Waals surface area contributed by atoms with Crippen LogP contribution in [0.3, 0.4) is 0 Å². The second-order valence-corrected chi connectivity index (χ2v) is 4.76. The van der Waals surface area contributed by atoms with Crippen molar-refractivity contribution in [3.8, 4) is 0 Å². The van der Waals surface area contributed by atoms with Crippen molar-refractivity contribution in [2.45, 2.75) is 20.8 Å². The fraction of sp³-hybridized carbons (Fsp3) is 0.200. The van der Waals surface area contributed by atoms with Gasteiger partial charge in [0.2, 0.25) is 0 Å². The molecule has 0 atom stereocenters. The third-order valence-electron chi connectivity index (χ3n) is 3.45. The van der Waals surface area contributed by atoms with Gasteiger partial charge in [-0.15, -0.1) is 0 Å². The first-order valence-electron chi connectivity index (χ1n) is 6.02. The molecule has 2 heterocycles. The van der Waals surface area contributed by atoms with Crippen LogP contribution in [0.15, 0.2) is 30.3 Å². The summed E-state index contributed by atoms with van der Waals surface area (Å²) < 4.78 is 3.48. The highest BCUT2D eigenvalue weighted by Crippen LogP contribution is 2.26. The Balaban J connectivity index is 2.20. The summed E-state index contributed by atoms with van der Waals surface area (Å²) in [5, 5.41) is 0. The van der Waals surface area contributed by atoms with Gasteiger partial charge >= 0.3 is 6.03 Å². The van der Waals surface area contributed by atoms with Gasteiger partial charge < -0.3 is 0 Å². The Labute approximate surface area is 106 Å². The minimum Gasteiger partial charge on any atom is -0.196 e. The summed E-state index contributed by atoms with van der Waals surface area (Å²) in [4.78, 5) is 12.4. The Morgan fingerprint density at radius 3 is 2.28 bits per heavy atom. The molecule has 18 heavy (non-hydrogen) atoms. The monoisotopic (exact) mass is 239 g/mol. The number of carbonyl (C=O) groups is 1. The van der Waals surface area contributed by atoms with Crippen LogP contribution in [0, 0.1) is 20.8 Å². The lowest BCUT2D eigenvalue weighted by Crippen LogP contribution is -2.18. The lowest BCUT2D eigenvalue weighted by Gasteiger charge is -2.06. The zero-order chi connectivity index (χ0) is 12.9. The van der Waals surface area contributed by atoms with Crippen molar-refractivity contribution in [3.63, 3.8) is 0 Å². The molecule has 1 aromatic heterocycles. The van der Waals surface area contributed by atoms with Gasteiger partial charge in [-0.25, -0.2) is 0 Å². The van der Waals surface area contributed by atoms with Crippen LogP contribution >= 0.6 is 0 Å². The number of amides is 1. The van der Waals surface area contributed by atoms with Gasteiger partial charge in [-0.05, 0) is 44.0 Å².